The smallest absolute Gasteiger partial charge is 0.124 e. The van der Waals surface area contributed by atoms with Gasteiger partial charge in [-0.05, 0) is 30.5 Å². The van der Waals surface area contributed by atoms with E-state index in [-0.39, 0.29) is 11.9 Å². The van der Waals surface area contributed by atoms with Crippen LogP contribution in [-0.2, 0) is 4.74 Å². The lowest BCUT2D eigenvalue weighted by Crippen LogP contribution is -2.41. The highest BCUT2D eigenvalue weighted by molar-refractivity contribution is 6.31. The Hall–Kier alpha value is -0.680. The Balaban J connectivity index is 2.12. The summed E-state index contributed by atoms with van der Waals surface area (Å²) in [4.78, 5) is 2.30. The minimum absolute atomic E-state index is 0.0471. The van der Waals surface area contributed by atoms with E-state index in [1.54, 1.807) is 13.2 Å². The standard InChI is InChI=1S/C14H20ClFN2O/c1-19-11-4-6-18(7-5-11)14(9-17)12-3-2-10(16)8-13(12)15/h2-3,8,11,14H,4-7,9,17H2,1H3. The van der Waals surface area contributed by atoms with Crippen LogP contribution >= 0.6 is 11.6 Å². The normalized spacial score (nSPS) is 19.6. The summed E-state index contributed by atoms with van der Waals surface area (Å²) in [7, 11) is 1.75. The second-order valence-corrected chi connectivity index (χ2v) is 5.30. The lowest BCUT2D eigenvalue weighted by molar-refractivity contribution is 0.0280. The van der Waals surface area contributed by atoms with E-state index in [9.17, 15) is 4.39 Å². The van der Waals surface area contributed by atoms with E-state index in [1.165, 1.54) is 12.1 Å². The Labute approximate surface area is 118 Å². The quantitative estimate of drug-likeness (QED) is 0.925. The molecule has 1 fully saturated rings. The summed E-state index contributed by atoms with van der Waals surface area (Å²) in [6.07, 6.45) is 2.32. The van der Waals surface area contributed by atoms with Gasteiger partial charge in [0, 0.05) is 37.8 Å². The molecule has 1 saturated heterocycles. The first-order valence-electron chi connectivity index (χ1n) is 6.57. The molecular weight excluding hydrogens is 267 g/mol. The van der Waals surface area contributed by atoms with Crippen molar-refractivity contribution in [3.05, 3.63) is 34.6 Å². The molecule has 0 saturated carbocycles. The summed E-state index contributed by atoms with van der Waals surface area (Å²) in [6, 6.07) is 4.57. The molecule has 2 N–H and O–H groups in total. The average Bonchev–Trinajstić information content (AvgIpc) is 2.42. The minimum atomic E-state index is -0.317. The molecule has 2 rings (SSSR count). The number of ether oxygens (including phenoxy) is 1. The summed E-state index contributed by atoms with van der Waals surface area (Å²) in [5.41, 5.74) is 6.79. The first-order chi connectivity index (χ1) is 9.15. The molecule has 5 heteroatoms. The molecule has 3 nitrogen and oxygen atoms in total. The van der Waals surface area contributed by atoms with Gasteiger partial charge in [-0.3, -0.25) is 4.90 Å². The van der Waals surface area contributed by atoms with Crippen molar-refractivity contribution in [2.45, 2.75) is 25.0 Å². The number of rotatable bonds is 4. The first-order valence-corrected chi connectivity index (χ1v) is 6.95. The van der Waals surface area contributed by atoms with Gasteiger partial charge in [-0.2, -0.15) is 0 Å². The molecule has 106 valence electrons. The number of methoxy groups -OCH3 is 1. The highest BCUT2D eigenvalue weighted by Gasteiger charge is 2.26. The summed E-state index contributed by atoms with van der Waals surface area (Å²) in [5, 5.41) is 0.448. The van der Waals surface area contributed by atoms with Gasteiger partial charge in [0.15, 0.2) is 0 Å². The number of benzene rings is 1. The molecule has 1 aliphatic rings. The van der Waals surface area contributed by atoms with E-state index >= 15 is 0 Å². The fourth-order valence-electron chi connectivity index (χ4n) is 2.67. The monoisotopic (exact) mass is 286 g/mol. The van der Waals surface area contributed by atoms with Gasteiger partial charge in [0.1, 0.15) is 5.82 Å². The fraction of sp³-hybridized carbons (Fsp3) is 0.571. The largest absolute Gasteiger partial charge is 0.381 e. The average molecular weight is 287 g/mol. The zero-order valence-electron chi connectivity index (χ0n) is 11.1. The van der Waals surface area contributed by atoms with E-state index in [0.29, 0.717) is 17.7 Å². The number of piperidine rings is 1. The Kier molecular flexibility index (Phi) is 5.16. The maximum atomic E-state index is 13.1. The molecule has 1 unspecified atom stereocenters. The van der Waals surface area contributed by atoms with Crippen LogP contribution in [-0.4, -0.2) is 37.7 Å². The van der Waals surface area contributed by atoms with Crippen molar-refractivity contribution in [3.63, 3.8) is 0 Å². The number of likely N-dealkylation sites (tertiary alicyclic amines) is 1. The maximum absolute atomic E-state index is 13.1. The van der Waals surface area contributed by atoms with Gasteiger partial charge in [0.2, 0.25) is 0 Å². The van der Waals surface area contributed by atoms with Gasteiger partial charge in [0.25, 0.3) is 0 Å². The number of nitrogens with zero attached hydrogens (tertiary/aromatic N) is 1. The second-order valence-electron chi connectivity index (χ2n) is 4.89. The maximum Gasteiger partial charge on any atom is 0.124 e. The van der Waals surface area contributed by atoms with E-state index in [1.807, 2.05) is 0 Å². The van der Waals surface area contributed by atoms with Crippen molar-refractivity contribution in [2.75, 3.05) is 26.7 Å². The highest BCUT2D eigenvalue weighted by Crippen LogP contribution is 2.30. The summed E-state index contributed by atoms with van der Waals surface area (Å²) in [6.45, 7) is 2.32. The Bertz CT molecular complexity index is 422. The van der Waals surface area contributed by atoms with E-state index < -0.39 is 0 Å². The summed E-state index contributed by atoms with van der Waals surface area (Å²) >= 11 is 6.13. The van der Waals surface area contributed by atoms with Crippen LogP contribution in [0.4, 0.5) is 4.39 Å². The zero-order chi connectivity index (χ0) is 13.8. The van der Waals surface area contributed by atoms with Crippen molar-refractivity contribution in [3.8, 4) is 0 Å². The van der Waals surface area contributed by atoms with Crippen molar-refractivity contribution < 1.29 is 9.13 Å². The van der Waals surface area contributed by atoms with Gasteiger partial charge in [-0.25, -0.2) is 4.39 Å². The fourth-order valence-corrected chi connectivity index (χ4v) is 2.96. The molecule has 0 aromatic heterocycles. The molecule has 0 amide bonds. The van der Waals surface area contributed by atoms with Crippen LogP contribution in [0.15, 0.2) is 18.2 Å². The first kappa shape index (κ1) is 14.7. The van der Waals surface area contributed by atoms with Crippen molar-refractivity contribution in [1.29, 1.82) is 0 Å². The third-order valence-corrected chi connectivity index (χ3v) is 4.12. The molecule has 1 aliphatic heterocycles. The minimum Gasteiger partial charge on any atom is -0.381 e. The Morgan fingerprint density at radius 3 is 2.68 bits per heavy atom. The number of nitrogens with two attached hydrogens (primary N) is 1. The van der Waals surface area contributed by atoms with Crippen LogP contribution in [0.5, 0.6) is 0 Å². The lowest BCUT2D eigenvalue weighted by Gasteiger charge is -2.37. The van der Waals surface area contributed by atoms with Gasteiger partial charge in [-0.1, -0.05) is 17.7 Å². The zero-order valence-corrected chi connectivity index (χ0v) is 11.9. The molecular formula is C14H20ClFN2O. The van der Waals surface area contributed by atoms with Gasteiger partial charge >= 0.3 is 0 Å². The number of hydrogen-bond donors (Lipinski definition) is 1. The van der Waals surface area contributed by atoms with Crippen molar-refractivity contribution in [1.82, 2.24) is 4.90 Å². The molecule has 0 radical (unpaired) electrons. The lowest BCUT2D eigenvalue weighted by atomic mass is 10.0. The molecule has 19 heavy (non-hydrogen) atoms. The molecule has 1 aromatic carbocycles. The molecule has 0 spiro atoms. The molecule has 1 atom stereocenters. The van der Waals surface area contributed by atoms with Gasteiger partial charge in [-0.15, -0.1) is 0 Å². The van der Waals surface area contributed by atoms with Crippen LogP contribution < -0.4 is 5.73 Å². The second kappa shape index (κ2) is 6.66. The van der Waals surface area contributed by atoms with Crippen molar-refractivity contribution >= 4 is 11.6 Å². The third kappa shape index (κ3) is 3.45. The number of hydrogen-bond acceptors (Lipinski definition) is 3. The topological polar surface area (TPSA) is 38.5 Å². The van der Waals surface area contributed by atoms with Crippen molar-refractivity contribution in [2.24, 2.45) is 5.73 Å². The van der Waals surface area contributed by atoms with E-state index in [4.69, 9.17) is 22.1 Å². The highest BCUT2D eigenvalue weighted by atomic mass is 35.5. The van der Waals surface area contributed by atoms with Gasteiger partial charge < -0.3 is 10.5 Å². The summed E-state index contributed by atoms with van der Waals surface area (Å²) < 4.78 is 18.5. The van der Waals surface area contributed by atoms with Gasteiger partial charge in [0.05, 0.1) is 6.10 Å². The SMILES string of the molecule is COC1CCN(C(CN)c2ccc(F)cc2Cl)CC1. The third-order valence-electron chi connectivity index (χ3n) is 3.80. The van der Waals surface area contributed by atoms with Crippen LogP contribution in [0, 0.1) is 5.82 Å². The molecule has 1 aromatic rings. The van der Waals surface area contributed by atoms with Crippen LogP contribution in [0.2, 0.25) is 5.02 Å². The molecule has 1 heterocycles. The van der Waals surface area contributed by atoms with Crippen LogP contribution in [0.1, 0.15) is 24.4 Å². The summed E-state index contributed by atoms with van der Waals surface area (Å²) in [5.74, 6) is -0.317. The molecule has 0 aliphatic carbocycles. The van der Waals surface area contributed by atoms with Crippen LogP contribution in [0.25, 0.3) is 0 Å². The molecule has 0 bridgehead atoms. The predicted octanol–water partition coefficient (Wildman–Crippen LogP) is 2.59. The Morgan fingerprint density at radius 2 is 2.16 bits per heavy atom. The number of halogens is 2. The van der Waals surface area contributed by atoms with Crippen LogP contribution in [0.3, 0.4) is 0 Å². The van der Waals surface area contributed by atoms with E-state index in [2.05, 4.69) is 4.90 Å². The Morgan fingerprint density at radius 1 is 1.47 bits per heavy atom. The predicted molar refractivity (Wildman–Crippen MR) is 74.8 cm³/mol. The van der Waals surface area contributed by atoms with E-state index in [0.717, 1.165) is 31.5 Å².